The zero-order valence-electron chi connectivity index (χ0n) is 25.5. The van der Waals surface area contributed by atoms with Crippen molar-refractivity contribution in [2.24, 2.45) is 0 Å². The van der Waals surface area contributed by atoms with Gasteiger partial charge in [0.05, 0.1) is 45.5 Å². The molecular weight excluding hydrogens is 519 g/mol. The van der Waals surface area contributed by atoms with E-state index in [4.69, 9.17) is 46.5 Å². The maximum atomic E-state index is 9.90. The van der Waals surface area contributed by atoms with Crippen LogP contribution in [0, 0.1) is 0 Å². The van der Waals surface area contributed by atoms with Gasteiger partial charge in [0.1, 0.15) is 12.2 Å². The Balaban J connectivity index is 3.82. The van der Waals surface area contributed by atoms with Crippen molar-refractivity contribution >= 4 is 7.85 Å². The van der Waals surface area contributed by atoms with E-state index >= 15 is 0 Å². The topological polar surface area (TPSA) is 136 Å². The Morgan fingerprint density at radius 3 is 1.45 bits per heavy atom. The van der Waals surface area contributed by atoms with Gasteiger partial charge in [-0.25, -0.2) is 0 Å². The summed E-state index contributed by atoms with van der Waals surface area (Å²) < 4.78 is 33.9. The fourth-order valence-electron chi connectivity index (χ4n) is 3.78. The Hall–Kier alpha value is -0.335. The van der Waals surface area contributed by atoms with Gasteiger partial charge in [0.15, 0.2) is 0 Å². The summed E-state index contributed by atoms with van der Waals surface area (Å²) in [7, 11) is 5.99. The van der Waals surface area contributed by atoms with Crippen LogP contribution in [0.4, 0.5) is 0 Å². The zero-order valence-corrected chi connectivity index (χ0v) is 25.5. The van der Waals surface area contributed by atoms with Crippen LogP contribution in [-0.2, 0) is 28.4 Å². The molecule has 0 aromatic carbocycles. The Kier molecular flexibility index (Phi) is 26.1. The first-order chi connectivity index (χ1) is 19.2. The molecule has 3 unspecified atom stereocenters. The molecule has 0 aliphatic rings. The van der Waals surface area contributed by atoms with Crippen molar-refractivity contribution in [1.29, 1.82) is 0 Å². The fourth-order valence-corrected chi connectivity index (χ4v) is 3.78. The molecule has 10 nitrogen and oxygen atoms in total. The molecule has 0 saturated carbocycles. The minimum atomic E-state index is -0.657. The summed E-state index contributed by atoms with van der Waals surface area (Å²) in [6.45, 7) is 10.7. The molecule has 4 N–H and O–H groups in total. The molecule has 0 rings (SSSR count). The van der Waals surface area contributed by atoms with Crippen LogP contribution in [0.25, 0.3) is 0 Å². The summed E-state index contributed by atoms with van der Waals surface area (Å²) in [5, 5.41) is 37.2. The van der Waals surface area contributed by atoms with Crippen LogP contribution in [0.15, 0.2) is 0 Å². The number of hydrogen-bond donors (Lipinski definition) is 4. The number of aliphatic hydroxyl groups excluding tert-OH is 4. The minimum absolute atomic E-state index is 0.156. The third kappa shape index (κ3) is 25.4. The van der Waals surface area contributed by atoms with Gasteiger partial charge in [-0.15, -0.1) is 0 Å². The second kappa shape index (κ2) is 26.3. The van der Waals surface area contributed by atoms with Crippen molar-refractivity contribution in [2.75, 3.05) is 79.3 Å². The highest BCUT2D eigenvalue weighted by molar-refractivity contribution is 6.09. The first-order valence-electron chi connectivity index (χ1n) is 15.0. The lowest BCUT2D eigenvalue weighted by atomic mass is 9.85. The van der Waals surface area contributed by atoms with Gasteiger partial charge < -0.3 is 48.8 Å². The Bertz CT molecular complexity index is 543. The molecule has 0 spiro atoms. The van der Waals surface area contributed by atoms with Crippen molar-refractivity contribution in [3.05, 3.63) is 0 Å². The van der Waals surface area contributed by atoms with Gasteiger partial charge in [-0.2, -0.15) is 0 Å². The molecule has 238 valence electrons. The molecule has 0 heterocycles. The summed E-state index contributed by atoms with van der Waals surface area (Å²) in [4.78, 5) is 0. The van der Waals surface area contributed by atoms with E-state index in [2.05, 4.69) is 13.8 Å². The molecule has 0 aromatic rings. The summed E-state index contributed by atoms with van der Waals surface area (Å²) in [6.07, 6.45) is 6.07. The van der Waals surface area contributed by atoms with E-state index in [9.17, 15) is 10.2 Å². The summed E-state index contributed by atoms with van der Waals surface area (Å²) in [5.74, 6) is 0. The van der Waals surface area contributed by atoms with Gasteiger partial charge in [0, 0.05) is 52.9 Å². The van der Waals surface area contributed by atoms with Crippen LogP contribution < -0.4 is 0 Å². The van der Waals surface area contributed by atoms with Crippen molar-refractivity contribution < 1.29 is 48.8 Å². The van der Waals surface area contributed by atoms with Crippen molar-refractivity contribution in [2.45, 2.75) is 108 Å². The molecule has 0 aliphatic carbocycles. The molecule has 11 heteroatoms. The van der Waals surface area contributed by atoms with Crippen molar-refractivity contribution in [1.82, 2.24) is 0 Å². The van der Waals surface area contributed by atoms with E-state index in [-0.39, 0.29) is 45.2 Å². The number of rotatable bonds is 31. The van der Waals surface area contributed by atoms with E-state index in [1.165, 1.54) is 0 Å². The Labute approximate surface area is 244 Å². The van der Waals surface area contributed by atoms with Gasteiger partial charge in [-0.05, 0) is 78.6 Å². The average Bonchev–Trinajstić information content (AvgIpc) is 2.92. The Morgan fingerprint density at radius 1 is 0.550 bits per heavy atom. The molecule has 0 bridgehead atoms. The van der Waals surface area contributed by atoms with E-state index in [0.29, 0.717) is 58.8 Å². The van der Waals surface area contributed by atoms with Gasteiger partial charge >= 0.3 is 0 Å². The summed E-state index contributed by atoms with van der Waals surface area (Å²) in [6, 6.07) is 0. The SMILES string of the molecule is [B]CC(C)(CCCOCC(O)COCCCCO)OCCCC(C)(C)OCCCOCC(O)COCCCCO. The van der Waals surface area contributed by atoms with E-state index in [1.807, 2.05) is 6.92 Å². The number of hydrogen-bond acceptors (Lipinski definition) is 10. The fraction of sp³-hybridized carbons (Fsp3) is 1.00. The number of ether oxygens (including phenoxy) is 6. The van der Waals surface area contributed by atoms with Crippen LogP contribution in [0.3, 0.4) is 0 Å². The predicted molar refractivity (Wildman–Crippen MR) is 156 cm³/mol. The maximum absolute atomic E-state index is 9.90. The molecular formula is C29H59BO10. The van der Waals surface area contributed by atoms with Gasteiger partial charge in [-0.3, -0.25) is 0 Å². The lowest BCUT2D eigenvalue weighted by Crippen LogP contribution is -2.31. The van der Waals surface area contributed by atoms with Crippen LogP contribution in [0.5, 0.6) is 0 Å². The lowest BCUT2D eigenvalue weighted by Gasteiger charge is -2.31. The first-order valence-corrected chi connectivity index (χ1v) is 15.0. The molecule has 0 saturated heterocycles. The molecule has 2 radical (unpaired) electrons. The van der Waals surface area contributed by atoms with E-state index in [1.54, 1.807) is 0 Å². The van der Waals surface area contributed by atoms with Crippen LogP contribution >= 0.6 is 0 Å². The van der Waals surface area contributed by atoms with Gasteiger partial charge in [0.2, 0.25) is 0 Å². The van der Waals surface area contributed by atoms with Gasteiger partial charge in [-0.1, -0.05) is 6.32 Å². The molecule has 0 amide bonds. The normalized spacial score (nSPS) is 15.3. The molecule has 3 atom stereocenters. The number of unbranched alkanes of at least 4 members (excludes halogenated alkanes) is 2. The third-order valence-electron chi connectivity index (χ3n) is 6.36. The highest BCUT2D eigenvalue weighted by atomic mass is 16.5. The van der Waals surface area contributed by atoms with Crippen LogP contribution in [-0.4, -0.2) is 131 Å². The predicted octanol–water partition coefficient (Wildman–Crippen LogP) is 2.43. The summed E-state index contributed by atoms with van der Waals surface area (Å²) in [5.41, 5.74) is -0.698. The number of aliphatic hydroxyl groups is 4. The molecule has 40 heavy (non-hydrogen) atoms. The van der Waals surface area contributed by atoms with Gasteiger partial charge in [0.25, 0.3) is 0 Å². The molecule has 0 aromatic heterocycles. The smallest absolute Gasteiger partial charge is 0.101 e. The summed E-state index contributed by atoms with van der Waals surface area (Å²) >= 11 is 0. The second-order valence-electron chi connectivity index (χ2n) is 11.1. The van der Waals surface area contributed by atoms with E-state index < -0.39 is 17.8 Å². The Morgan fingerprint density at radius 2 is 0.975 bits per heavy atom. The lowest BCUT2D eigenvalue weighted by molar-refractivity contribution is -0.0609. The van der Waals surface area contributed by atoms with Crippen molar-refractivity contribution in [3.63, 3.8) is 0 Å². The molecule has 0 aliphatic heterocycles. The van der Waals surface area contributed by atoms with E-state index in [0.717, 1.165) is 44.9 Å². The van der Waals surface area contributed by atoms with Crippen LogP contribution in [0.1, 0.15) is 78.6 Å². The molecule has 0 fully saturated rings. The maximum Gasteiger partial charge on any atom is 0.101 e. The second-order valence-corrected chi connectivity index (χ2v) is 11.1. The minimum Gasteiger partial charge on any atom is -0.396 e. The highest BCUT2D eigenvalue weighted by Gasteiger charge is 2.23. The first kappa shape index (κ1) is 39.7. The van der Waals surface area contributed by atoms with Crippen molar-refractivity contribution in [3.8, 4) is 0 Å². The quantitative estimate of drug-likeness (QED) is 0.0717. The standard InChI is InChI=1S/C29H59BO10/c1-28(2,39-20-10-18-38-24-27(34)22-36-16-7-5-14-32)11-8-19-40-29(3,25-30)12-9-17-37-23-26(33)21-35-15-6-4-13-31/h26-27,31-34H,4-25H2,1-3H3. The van der Waals surface area contributed by atoms with Crippen LogP contribution in [0.2, 0.25) is 6.32 Å². The monoisotopic (exact) mass is 578 g/mol. The zero-order chi connectivity index (χ0) is 30.0. The largest absolute Gasteiger partial charge is 0.396 e. The average molecular weight is 579 g/mol. The highest BCUT2D eigenvalue weighted by Crippen LogP contribution is 2.23. The third-order valence-corrected chi connectivity index (χ3v) is 6.36.